The van der Waals surface area contributed by atoms with Crippen LogP contribution in [0.1, 0.15) is 64.9 Å². The second-order valence-electron chi connectivity index (χ2n) is 11.1. The van der Waals surface area contributed by atoms with Gasteiger partial charge in [-0.15, -0.1) is 13.2 Å². The quantitative estimate of drug-likeness (QED) is 0.253. The van der Waals surface area contributed by atoms with Crippen molar-refractivity contribution in [2.24, 2.45) is 17.8 Å². The molecule has 0 spiro atoms. The van der Waals surface area contributed by atoms with Crippen LogP contribution in [-0.2, 0) is 6.42 Å². The van der Waals surface area contributed by atoms with Crippen LogP contribution >= 0.6 is 0 Å². The van der Waals surface area contributed by atoms with Crippen LogP contribution in [0.5, 0.6) is 11.5 Å². The van der Waals surface area contributed by atoms with E-state index in [4.69, 9.17) is 4.74 Å². The normalized spacial score (nSPS) is 17.1. The van der Waals surface area contributed by atoms with Gasteiger partial charge in [-0.3, -0.25) is 0 Å². The molecule has 0 aromatic heterocycles. The lowest BCUT2D eigenvalue weighted by molar-refractivity contribution is -0.274. The van der Waals surface area contributed by atoms with Crippen LogP contribution in [-0.4, -0.2) is 20.0 Å². The molecule has 3 aromatic carbocycles. The van der Waals surface area contributed by atoms with E-state index in [2.05, 4.69) is 43.0 Å². The van der Waals surface area contributed by atoms with Crippen molar-refractivity contribution in [1.82, 2.24) is 0 Å². The summed E-state index contributed by atoms with van der Waals surface area (Å²) in [7, 11) is 1.61. The molecule has 1 fully saturated rings. The number of hydrogen-bond acceptors (Lipinski definition) is 3. The van der Waals surface area contributed by atoms with Gasteiger partial charge in [-0.1, -0.05) is 82.1 Å². The summed E-state index contributed by atoms with van der Waals surface area (Å²) < 4.78 is 46.3. The minimum Gasteiger partial charge on any atom is -0.495 e. The molecule has 1 saturated carbocycles. The summed E-state index contributed by atoms with van der Waals surface area (Å²) in [4.78, 5) is 0. The molecule has 0 atom stereocenters. The molecular formula is C34H44F3NO2. The number of aryl methyl sites for hydroxylation is 1. The highest BCUT2D eigenvalue weighted by molar-refractivity contribution is 5.72. The molecule has 1 aliphatic carbocycles. The zero-order chi connectivity index (χ0) is 29.0. The van der Waals surface area contributed by atoms with E-state index in [-0.39, 0.29) is 5.75 Å². The number of methoxy groups -OCH3 is 1. The lowest BCUT2D eigenvalue weighted by atomic mass is 9.78. The van der Waals surface area contributed by atoms with Crippen LogP contribution in [0.4, 0.5) is 18.9 Å². The number of benzene rings is 3. The molecule has 4 rings (SSSR count). The first-order valence-electron chi connectivity index (χ1n) is 14.5. The van der Waals surface area contributed by atoms with Crippen LogP contribution in [0.3, 0.4) is 0 Å². The third-order valence-electron chi connectivity index (χ3n) is 7.67. The standard InChI is InChI=1S/C24H24F3NO2.C10H20/c1-29-23-15-12-20(19-10-13-21(14-11-19)30-24(25,26)27)17-22(23)28-16-6-5-9-18-7-3-2-4-8-18;1-8(2)10-6-4-9(3)5-7-10/h2-4,7-8,10-15,17,28H,5-6,9,16H2,1H3;8-10H,4-7H2,1-3H3. The molecule has 0 heterocycles. The van der Waals surface area contributed by atoms with Gasteiger partial charge >= 0.3 is 6.36 Å². The molecule has 0 unspecified atom stereocenters. The van der Waals surface area contributed by atoms with Crippen LogP contribution in [0, 0.1) is 17.8 Å². The number of anilines is 1. The summed E-state index contributed by atoms with van der Waals surface area (Å²) in [6.07, 6.45) is 4.33. The number of nitrogens with one attached hydrogen (secondary N) is 1. The Hall–Kier alpha value is -3.15. The van der Waals surface area contributed by atoms with Gasteiger partial charge < -0.3 is 14.8 Å². The summed E-state index contributed by atoms with van der Waals surface area (Å²) in [6.45, 7) is 7.91. The predicted octanol–water partition coefficient (Wildman–Crippen LogP) is 10.2. The Bertz CT molecular complexity index is 1120. The van der Waals surface area contributed by atoms with Crippen molar-refractivity contribution in [3.63, 3.8) is 0 Å². The SMILES string of the molecule is CC1CCC(C(C)C)CC1.COc1ccc(-c2ccc(OC(F)(F)F)cc2)cc1NCCCCc1ccccc1. The lowest BCUT2D eigenvalue weighted by Gasteiger charge is -2.28. The van der Waals surface area contributed by atoms with Crippen molar-refractivity contribution in [1.29, 1.82) is 0 Å². The van der Waals surface area contributed by atoms with Gasteiger partial charge in [-0.2, -0.15) is 0 Å². The molecule has 0 saturated heterocycles. The van der Waals surface area contributed by atoms with Gasteiger partial charge in [0.05, 0.1) is 12.8 Å². The van der Waals surface area contributed by atoms with Crippen molar-refractivity contribution in [3.05, 3.63) is 78.4 Å². The number of alkyl halides is 3. The summed E-state index contributed by atoms with van der Waals surface area (Å²) >= 11 is 0. The van der Waals surface area contributed by atoms with E-state index in [0.29, 0.717) is 0 Å². The molecule has 3 aromatic rings. The first-order chi connectivity index (χ1) is 19.1. The minimum absolute atomic E-state index is 0.239. The Morgan fingerprint density at radius 2 is 1.50 bits per heavy atom. The molecular weight excluding hydrogens is 511 g/mol. The molecule has 0 amide bonds. The molecule has 40 heavy (non-hydrogen) atoms. The van der Waals surface area contributed by atoms with E-state index in [9.17, 15) is 13.2 Å². The van der Waals surface area contributed by atoms with Crippen molar-refractivity contribution >= 4 is 5.69 Å². The maximum absolute atomic E-state index is 12.3. The Balaban J connectivity index is 0.000000371. The van der Waals surface area contributed by atoms with Crippen molar-refractivity contribution in [3.8, 4) is 22.6 Å². The smallest absolute Gasteiger partial charge is 0.495 e. The van der Waals surface area contributed by atoms with Crippen LogP contribution in [0.2, 0.25) is 0 Å². The fourth-order valence-corrected chi connectivity index (χ4v) is 5.15. The van der Waals surface area contributed by atoms with Gasteiger partial charge in [0.1, 0.15) is 11.5 Å². The van der Waals surface area contributed by atoms with Crippen LogP contribution in [0.15, 0.2) is 72.8 Å². The third-order valence-corrected chi connectivity index (χ3v) is 7.67. The summed E-state index contributed by atoms with van der Waals surface area (Å²) in [5.74, 6) is 3.45. The average molecular weight is 556 g/mol. The fourth-order valence-electron chi connectivity index (χ4n) is 5.15. The third kappa shape index (κ3) is 10.8. The van der Waals surface area contributed by atoms with Gasteiger partial charge in [0.25, 0.3) is 0 Å². The van der Waals surface area contributed by atoms with E-state index in [0.717, 1.165) is 66.1 Å². The first-order valence-corrected chi connectivity index (χ1v) is 14.5. The van der Waals surface area contributed by atoms with Gasteiger partial charge in [0.2, 0.25) is 0 Å². The maximum Gasteiger partial charge on any atom is 0.573 e. The largest absolute Gasteiger partial charge is 0.573 e. The molecule has 1 aliphatic rings. The molecule has 3 nitrogen and oxygen atoms in total. The Morgan fingerprint density at radius 3 is 2.10 bits per heavy atom. The highest BCUT2D eigenvalue weighted by Crippen LogP contribution is 2.33. The van der Waals surface area contributed by atoms with Crippen LogP contribution in [0.25, 0.3) is 11.1 Å². The lowest BCUT2D eigenvalue weighted by Crippen LogP contribution is -2.16. The van der Waals surface area contributed by atoms with Crippen molar-refractivity contribution in [2.75, 3.05) is 19.0 Å². The first kappa shape index (κ1) is 31.4. The topological polar surface area (TPSA) is 30.5 Å². The summed E-state index contributed by atoms with van der Waals surface area (Å²) in [5.41, 5.74) is 3.85. The number of halogens is 3. The maximum atomic E-state index is 12.3. The second kappa shape index (κ2) is 15.6. The molecule has 1 N–H and O–H groups in total. The van der Waals surface area contributed by atoms with Gasteiger partial charge in [0.15, 0.2) is 0 Å². The molecule has 6 heteroatoms. The molecule has 0 aliphatic heterocycles. The molecule has 0 radical (unpaired) electrons. The number of hydrogen-bond donors (Lipinski definition) is 1. The Labute approximate surface area is 238 Å². The number of unbranched alkanes of at least 4 members (excludes halogenated alkanes) is 1. The monoisotopic (exact) mass is 555 g/mol. The second-order valence-corrected chi connectivity index (χ2v) is 11.1. The summed E-state index contributed by atoms with van der Waals surface area (Å²) in [5, 5.41) is 3.40. The highest BCUT2D eigenvalue weighted by Gasteiger charge is 2.31. The zero-order valence-corrected chi connectivity index (χ0v) is 24.3. The average Bonchev–Trinajstić information content (AvgIpc) is 2.93. The number of rotatable bonds is 10. The molecule has 0 bridgehead atoms. The van der Waals surface area contributed by atoms with E-state index in [1.165, 1.54) is 43.4 Å². The van der Waals surface area contributed by atoms with E-state index in [1.54, 1.807) is 19.2 Å². The van der Waals surface area contributed by atoms with E-state index < -0.39 is 6.36 Å². The highest BCUT2D eigenvalue weighted by atomic mass is 19.4. The van der Waals surface area contributed by atoms with Crippen LogP contribution < -0.4 is 14.8 Å². The van der Waals surface area contributed by atoms with Crippen molar-refractivity contribution < 1.29 is 22.6 Å². The fraction of sp³-hybridized carbons (Fsp3) is 0.471. The van der Waals surface area contributed by atoms with Gasteiger partial charge in [0, 0.05) is 6.54 Å². The Morgan fingerprint density at radius 1 is 0.850 bits per heavy atom. The van der Waals surface area contributed by atoms with Crippen molar-refractivity contribution in [2.45, 2.75) is 72.1 Å². The summed E-state index contributed by atoms with van der Waals surface area (Å²) in [6, 6.07) is 21.9. The Kier molecular flexibility index (Phi) is 12.2. The zero-order valence-electron chi connectivity index (χ0n) is 24.3. The minimum atomic E-state index is -4.70. The molecule has 218 valence electrons. The van der Waals surface area contributed by atoms with Gasteiger partial charge in [-0.25, -0.2) is 0 Å². The number of ether oxygens (including phenoxy) is 2. The van der Waals surface area contributed by atoms with E-state index in [1.807, 2.05) is 36.4 Å². The van der Waals surface area contributed by atoms with E-state index >= 15 is 0 Å². The van der Waals surface area contributed by atoms with Gasteiger partial charge in [-0.05, 0) is 90.8 Å². The predicted molar refractivity (Wildman–Crippen MR) is 159 cm³/mol.